The zero-order chi connectivity index (χ0) is 16.1. The van der Waals surface area contributed by atoms with Crippen molar-refractivity contribution in [2.45, 2.75) is 39.3 Å². The fourth-order valence-electron chi connectivity index (χ4n) is 2.67. The average Bonchev–Trinajstić information content (AvgIpc) is 2.96. The SMILES string of the molecule is CC(C)N1CC[C@H](CNC(=O)[C@H](C)Oc2ccccc2Cl)C1. The van der Waals surface area contributed by atoms with Crippen LogP contribution in [0.3, 0.4) is 0 Å². The Labute approximate surface area is 137 Å². The van der Waals surface area contributed by atoms with Gasteiger partial charge in [-0.15, -0.1) is 0 Å². The molecule has 122 valence electrons. The molecule has 1 aromatic rings. The molecule has 2 rings (SSSR count). The van der Waals surface area contributed by atoms with Gasteiger partial charge in [0.05, 0.1) is 5.02 Å². The van der Waals surface area contributed by atoms with Gasteiger partial charge in [-0.25, -0.2) is 0 Å². The van der Waals surface area contributed by atoms with E-state index >= 15 is 0 Å². The predicted octanol–water partition coefficient (Wildman–Crippen LogP) is 2.95. The maximum Gasteiger partial charge on any atom is 0.260 e. The standard InChI is InChI=1S/C17H25ClN2O2/c1-12(2)20-9-8-14(11-20)10-19-17(21)13(3)22-16-7-5-4-6-15(16)18/h4-7,12-14H,8-11H2,1-3H3,(H,19,21)/t13-,14+/m0/s1. The van der Waals surface area contributed by atoms with E-state index in [1.165, 1.54) is 0 Å². The van der Waals surface area contributed by atoms with Gasteiger partial charge in [-0.1, -0.05) is 23.7 Å². The minimum absolute atomic E-state index is 0.0945. The Balaban J connectivity index is 1.77. The molecule has 1 heterocycles. The van der Waals surface area contributed by atoms with Gasteiger partial charge in [0.1, 0.15) is 5.75 Å². The molecule has 0 radical (unpaired) electrons. The minimum atomic E-state index is -0.553. The van der Waals surface area contributed by atoms with Crippen molar-refractivity contribution in [1.82, 2.24) is 10.2 Å². The second kappa shape index (κ2) is 7.84. The van der Waals surface area contributed by atoms with Crippen molar-refractivity contribution in [3.05, 3.63) is 29.3 Å². The van der Waals surface area contributed by atoms with E-state index in [0.29, 0.717) is 29.3 Å². The molecule has 2 atom stereocenters. The van der Waals surface area contributed by atoms with Crippen LogP contribution in [0.25, 0.3) is 0 Å². The predicted molar refractivity (Wildman–Crippen MR) is 89.4 cm³/mol. The monoisotopic (exact) mass is 324 g/mol. The van der Waals surface area contributed by atoms with Gasteiger partial charge >= 0.3 is 0 Å². The Morgan fingerprint density at radius 2 is 2.14 bits per heavy atom. The number of carbonyl (C=O) groups is 1. The first kappa shape index (κ1) is 17.1. The number of nitrogens with one attached hydrogen (secondary N) is 1. The van der Waals surface area contributed by atoms with Crippen LogP contribution in [-0.2, 0) is 4.79 Å². The molecule has 0 saturated carbocycles. The van der Waals surface area contributed by atoms with Crippen molar-refractivity contribution in [3.63, 3.8) is 0 Å². The number of hydrogen-bond acceptors (Lipinski definition) is 3. The van der Waals surface area contributed by atoms with Gasteiger partial charge < -0.3 is 15.0 Å². The Morgan fingerprint density at radius 3 is 2.77 bits per heavy atom. The van der Waals surface area contributed by atoms with Crippen molar-refractivity contribution in [2.24, 2.45) is 5.92 Å². The van der Waals surface area contributed by atoms with Gasteiger partial charge in [0, 0.05) is 19.1 Å². The summed E-state index contributed by atoms with van der Waals surface area (Å²) in [6.45, 7) is 9.04. The molecule has 0 aromatic heterocycles. The number of hydrogen-bond donors (Lipinski definition) is 1. The summed E-state index contributed by atoms with van der Waals surface area (Å²) in [6, 6.07) is 7.76. The van der Waals surface area contributed by atoms with Crippen LogP contribution in [0.2, 0.25) is 5.02 Å². The fraction of sp³-hybridized carbons (Fsp3) is 0.588. The van der Waals surface area contributed by atoms with Crippen molar-refractivity contribution >= 4 is 17.5 Å². The number of benzene rings is 1. The van der Waals surface area contributed by atoms with Crippen LogP contribution < -0.4 is 10.1 Å². The fourth-order valence-corrected chi connectivity index (χ4v) is 2.85. The first-order chi connectivity index (χ1) is 10.5. The highest BCUT2D eigenvalue weighted by Crippen LogP contribution is 2.24. The van der Waals surface area contributed by atoms with Crippen LogP contribution in [0.1, 0.15) is 27.2 Å². The topological polar surface area (TPSA) is 41.6 Å². The molecule has 1 aliphatic heterocycles. The highest BCUT2D eigenvalue weighted by Gasteiger charge is 2.25. The number of likely N-dealkylation sites (tertiary alicyclic amines) is 1. The number of rotatable bonds is 6. The van der Waals surface area contributed by atoms with E-state index in [2.05, 4.69) is 24.1 Å². The molecular weight excluding hydrogens is 300 g/mol. The van der Waals surface area contributed by atoms with Crippen LogP contribution in [0.4, 0.5) is 0 Å². The molecular formula is C17H25ClN2O2. The largest absolute Gasteiger partial charge is 0.479 e. The Bertz CT molecular complexity index is 507. The van der Waals surface area contributed by atoms with Crippen molar-refractivity contribution in [3.8, 4) is 5.75 Å². The number of nitrogens with zero attached hydrogens (tertiary/aromatic N) is 1. The summed E-state index contributed by atoms with van der Waals surface area (Å²) >= 11 is 6.04. The van der Waals surface area contributed by atoms with Gasteiger partial charge in [0.25, 0.3) is 5.91 Å². The lowest BCUT2D eigenvalue weighted by Crippen LogP contribution is -2.39. The lowest BCUT2D eigenvalue weighted by Gasteiger charge is -2.21. The van der Waals surface area contributed by atoms with Crippen molar-refractivity contribution in [1.29, 1.82) is 0 Å². The van der Waals surface area contributed by atoms with Gasteiger partial charge in [0.2, 0.25) is 0 Å². The van der Waals surface area contributed by atoms with E-state index in [1.807, 2.05) is 12.1 Å². The lowest BCUT2D eigenvalue weighted by molar-refractivity contribution is -0.127. The van der Waals surface area contributed by atoms with E-state index in [1.54, 1.807) is 19.1 Å². The maximum absolute atomic E-state index is 12.1. The number of ether oxygens (including phenoxy) is 1. The van der Waals surface area contributed by atoms with Gasteiger partial charge in [-0.3, -0.25) is 4.79 Å². The third-order valence-electron chi connectivity index (χ3n) is 4.12. The van der Waals surface area contributed by atoms with Crippen molar-refractivity contribution in [2.75, 3.05) is 19.6 Å². The number of para-hydroxylation sites is 1. The van der Waals surface area contributed by atoms with Crippen molar-refractivity contribution < 1.29 is 9.53 Å². The summed E-state index contributed by atoms with van der Waals surface area (Å²) in [4.78, 5) is 14.6. The molecule has 0 unspecified atom stereocenters. The summed E-state index contributed by atoms with van der Waals surface area (Å²) in [7, 11) is 0. The third-order valence-corrected chi connectivity index (χ3v) is 4.43. The summed E-state index contributed by atoms with van der Waals surface area (Å²) in [5.41, 5.74) is 0. The molecule has 1 fully saturated rings. The summed E-state index contributed by atoms with van der Waals surface area (Å²) in [6.07, 6.45) is 0.584. The molecule has 5 heteroatoms. The van der Waals surface area contributed by atoms with Crippen LogP contribution in [0.15, 0.2) is 24.3 Å². The summed E-state index contributed by atoms with van der Waals surface area (Å²) < 4.78 is 5.63. The molecule has 0 spiro atoms. The second-order valence-electron chi connectivity index (χ2n) is 6.18. The molecule has 4 nitrogen and oxygen atoms in total. The highest BCUT2D eigenvalue weighted by molar-refractivity contribution is 6.32. The first-order valence-corrected chi connectivity index (χ1v) is 8.28. The van der Waals surface area contributed by atoms with Crippen LogP contribution in [0, 0.1) is 5.92 Å². The van der Waals surface area contributed by atoms with Gasteiger partial charge in [-0.05, 0) is 51.8 Å². The first-order valence-electron chi connectivity index (χ1n) is 7.90. The molecule has 0 bridgehead atoms. The number of amides is 1. The number of carbonyl (C=O) groups excluding carboxylic acids is 1. The van der Waals surface area contributed by atoms with Crippen LogP contribution >= 0.6 is 11.6 Å². The molecule has 1 saturated heterocycles. The molecule has 1 N–H and O–H groups in total. The average molecular weight is 325 g/mol. The normalized spacial score (nSPS) is 20.1. The Hall–Kier alpha value is -1.26. The van der Waals surface area contributed by atoms with E-state index in [9.17, 15) is 4.79 Å². The molecule has 1 aliphatic rings. The molecule has 0 aliphatic carbocycles. The highest BCUT2D eigenvalue weighted by atomic mass is 35.5. The second-order valence-corrected chi connectivity index (χ2v) is 6.59. The summed E-state index contributed by atoms with van der Waals surface area (Å²) in [5.74, 6) is 0.973. The van der Waals surface area contributed by atoms with E-state index in [-0.39, 0.29) is 5.91 Å². The van der Waals surface area contributed by atoms with Gasteiger partial charge in [0.15, 0.2) is 6.10 Å². The van der Waals surface area contributed by atoms with Crippen LogP contribution in [0.5, 0.6) is 5.75 Å². The zero-order valence-corrected chi connectivity index (χ0v) is 14.3. The number of halogens is 1. The Morgan fingerprint density at radius 1 is 1.41 bits per heavy atom. The third kappa shape index (κ3) is 4.62. The van der Waals surface area contributed by atoms with E-state index in [0.717, 1.165) is 19.5 Å². The van der Waals surface area contributed by atoms with E-state index in [4.69, 9.17) is 16.3 Å². The lowest BCUT2D eigenvalue weighted by atomic mass is 10.1. The zero-order valence-electron chi connectivity index (χ0n) is 13.5. The minimum Gasteiger partial charge on any atom is -0.479 e. The summed E-state index contributed by atoms with van der Waals surface area (Å²) in [5, 5.41) is 3.51. The van der Waals surface area contributed by atoms with Crippen LogP contribution in [-0.4, -0.2) is 42.6 Å². The maximum atomic E-state index is 12.1. The molecule has 1 amide bonds. The smallest absolute Gasteiger partial charge is 0.260 e. The molecule has 1 aromatic carbocycles. The van der Waals surface area contributed by atoms with Gasteiger partial charge in [-0.2, -0.15) is 0 Å². The quantitative estimate of drug-likeness (QED) is 0.874. The Kier molecular flexibility index (Phi) is 6.09. The molecule has 22 heavy (non-hydrogen) atoms. The van der Waals surface area contributed by atoms with E-state index < -0.39 is 6.10 Å².